The van der Waals surface area contributed by atoms with E-state index in [1.165, 1.54) is 12.8 Å². The van der Waals surface area contributed by atoms with Crippen molar-refractivity contribution in [1.82, 2.24) is 25.0 Å². The molecule has 1 unspecified atom stereocenters. The lowest BCUT2D eigenvalue weighted by atomic mass is 10.2. The largest absolute Gasteiger partial charge is 0.312 e. The molecule has 1 N–H and O–H groups in total. The van der Waals surface area contributed by atoms with Crippen LogP contribution in [0.1, 0.15) is 30.5 Å². The van der Waals surface area contributed by atoms with E-state index in [0.717, 1.165) is 44.2 Å². The number of likely N-dealkylation sites (N-methyl/N-ethyl adjacent to an activating group) is 1. The first kappa shape index (κ1) is 10.2. The fourth-order valence-electron chi connectivity index (χ4n) is 2.61. The molecule has 0 spiro atoms. The van der Waals surface area contributed by atoms with Crippen LogP contribution in [0, 0.1) is 0 Å². The second-order valence-electron chi connectivity index (χ2n) is 4.83. The molecule has 0 bridgehead atoms. The standard InChI is InChI=1S/C11H19N5/c1-15-6-4-10-13-14-11(16(10)8-7-15)9-3-2-5-12-9/h9,12H,2-8H2,1H3. The summed E-state index contributed by atoms with van der Waals surface area (Å²) < 4.78 is 2.33. The van der Waals surface area contributed by atoms with Crippen molar-refractivity contribution < 1.29 is 0 Å². The number of aromatic nitrogens is 3. The van der Waals surface area contributed by atoms with E-state index in [1.807, 2.05) is 0 Å². The lowest BCUT2D eigenvalue weighted by Crippen LogP contribution is -2.23. The van der Waals surface area contributed by atoms with Gasteiger partial charge in [0.1, 0.15) is 11.6 Å². The second kappa shape index (κ2) is 4.14. The monoisotopic (exact) mass is 221 g/mol. The minimum atomic E-state index is 0.435. The van der Waals surface area contributed by atoms with Gasteiger partial charge in [-0.3, -0.25) is 0 Å². The summed E-state index contributed by atoms with van der Waals surface area (Å²) in [5, 5.41) is 12.2. The molecule has 0 amide bonds. The topological polar surface area (TPSA) is 46.0 Å². The van der Waals surface area contributed by atoms with Crippen molar-refractivity contribution >= 4 is 0 Å². The van der Waals surface area contributed by atoms with Crippen molar-refractivity contribution in [3.05, 3.63) is 11.6 Å². The Morgan fingerprint density at radius 1 is 1.25 bits per heavy atom. The second-order valence-corrected chi connectivity index (χ2v) is 4.83. The van der Waals surface area contributed by atoms with Gasteiger partial charge in [-0.15, -0.1) is 10.2 Å². The van der Waals surface area contributed by atoms with Gasteiger partial charge in [0.2, 0.25) is 0 Å². The van der Waals surface area contributed by atoms with Gasteiger partial charge in [0.05, 0.1) is 6.04 Å². The number of fused-ring (bicyclic) bond motifs is 1. The molecular weight excluding hydrogens is 202 g/mol. The fourth-order valence-corrected chi connectivity index (χ4v) is 2.61. The number of nitrogens with one attached hydrogen (secondary N) is 1. The molecule has 1 saturated heterocycles. The third-order valence-electron chi connectivity index (χ3n) is 3.65. The van der Waals surface area contributed by atoms with Crippen molar-refractivity contribution in [1.29, 1.82) is 0 Å². The lowest BCUT2D eigenvalue weighted by molar-refractivity contribution is 0.338. The maximum Gasteiger partial charge on any atom is 0.150 e. The third kappa shape index (κ3) is 1.74. The molecule has 0 aromatic carbocycles. The molecule has 3 rings (SSSR count). The summed E-state index contributed by atoms with van der Waals surface area (Å²) in [6.45, 7) is 4.35. The average Bonchev–Trinajstić information content (AvgIpc) is 2.89. The smallest absolute Gasteiger partial charge is 0.150 e. The zero-order chi connectivity index (χ0) is 11.0. The predicted octanol–water partition coefficient (Wildman–Crippen LogP) is 0.190. The van der Waals surface area contributed by atoms with E-state index in [1.54, 1.807) is 0 Å². The Morgan fingerprint density at radius 3 is 3.00 bits per heavy atom. The van der Waals surface area contributed by atoms with E-state index in [0.29, 0.717) is 6.04 Å². The Kier molecular flexibility index (Phi) is 2.65. The quantitative estimate of drug-likeness (QED) is 0.735. The van der Waals surface area contributed by atoms with Crippen LogP contribution in [0.15, 0.2) is 0 Å². The van der Waals surface area contributed by atoms with E-state index in [4.69, 9.17) is 0 Å². The van der Waals surface area contributed by atoms with Gasteiger partial charge >= 0.3 is 0 Å². The van der Waals surface area contributed by atoms with E-state index < -0.39 is 0 Å². The van der Waals surface area contributed by atoms with Crippen LogP contribution in [0.5, 0.6) is 0 Å². The molecule has 0 radical (unpaired) electrons. The normalized spacial score (nSPS) is 26.7. The maximum atomic E-state index is 4.38. The van der Waals surface area contributed by atoms with Crippen LogP contribution in [0.25, 0.3) is 0 Å². The highest BCUT2D eigenvalue weighted by Crippen LogP contribution is 2.22. The molecule has 1 fully saturated rings. The van der Waals surface area contributed by atoms with E-state index in [-0.39, 0.29) is 0 Å². The van der Waals surface area contributed by atoms with Crippen LogP contribution in [0.2, 0.25) is 0 Å². The van der Waals surface area contributed by atoms with Crippen molar-refractivity contribution in [2.75, 3.05) is 26.7 Å². The van der Waals surface area contributed by atoms with E-state index in [9.17, 15) is 0 Å². The van der Waals surface area contributed by atoms with Gasteiger partial charge < -0.3 is 14.8 Å². The highest BCUT2D eigenvalue weighted by Gasteiger charge is 2.25. The number of nitrogens with zero attached hydrogens (tertiary/aromatic N) is 4. The summed E-state index contributed by atoms with van der Waals surface area (Å²) in [6, 6.07) is 0.435. The lowest BCUT2D eigenvalue weighted by Gasteiger charge is -2.14. The van der Waals surface area contributed by atoms with E-state index >= 15 is 0 Å². The molecule has 0 aliphatic carbocycles. The van der Waals surface area contributed by atoms with Crippen LogP contribution in [-0.4, -0.2) is 46.3 Å². The Bertz CT molecular complexity index is 366. The summed E-state index contributed by atoms with van der Waals surface area (Å²) in [7, 11) is 2.17. The Labute approximate surface area is 95.8 Å². The highest BCUT2D eigenvalue weighted by atomic mass is 15.3. The van der Waals surface area contributed by atoms with Gasteiger partial charge in [0.15, 0.2) is 0 Å². The molecule has 1 aromatic heterocycles. The van der Waals surface area contributed by atoms with Crippen molar-refractivity contribution in [2.24, 2.45) is 0 Å². The number of rotatable bonds is 1. The summed E-state index contributed by atoms with van der Waals surface area (Å²) >= 11 is 0. The van der Waals surface area contributed by atoms with Gasteiger partial charge in [-0.2, -0.15) is 0 Å². The first-order chi connectivity index (χ1) is 7.84. The predicted molar refractivity (Wildman–Crippen MR) is 61.2 cm³/mol. The highest BCUT2D eigenvalue weighted by molar-refractivity contribution is 5.04. The molecule has 0 saturated carbocycles. The summed E-state index contributed by atoms with van der Waals surface area (Å²) in [5.41, 5.74) is 0. The van der Waals surface area contributed by atoms with E-state index in [2.05, 4.69) is 32.0 Å². The molecule has 5 nitrogen and oxygen atoms in total. The third-order valence-corrected chi connectivity index (χ3v) is 3.65. The molecule has 2 aliphatic heterocycles. The van der Waals surface area contributed by atoms with Gasteiger partial charge in [-0.05, 0) is 26.4 Å². The van der Waals surface area contributed by atoms with Crippen LogP contribution < -0.4 is 5.32 Å². The van der Waals surface area contributed by atoms with Gasteiger partial charge in [0.25, 0.3) is 0 Å². The summed E-state index contributed by atoms with van der Waals surface area (Å²) in [5.74, 6) is 2.32. The maximum absolute atomic E-state index is 4.38. The Morgan fingerprint density at radius 2 is 2.19 bits per heavy atom. The van der Waals surface area contributed by atoms with Crippen LogP contribution in [0.4, 0.5) is 0 Å². The fraction of sp³-hybridized carbons (Fsp3) is 0.818. The minimum Gasteiger partial charge on any atom is -0.312 e. The van der Waals surface area contributed by atoms with Gasteiger partial charge in [0, 0.05) is 26.1 Å². The summed E-state index contributed by atoms with van der Waals surface area (Å²) in [4.78, 5) is 2.36. The zero-order valence-electron chi connectivity index (χ0n) is 9.82. The minimum absolute atomic E-state index is 0.435. The molecule has 1 aromatic rings. The number of hydrogen-bond donors (Lipinski definition) is 1. The van der Waals surface area contributed by atoms with Crippen LogP contribution in [-0.2, 0) is 13.0 Å². The molecule has 5 heteroatoms. The number of hydrogen-bond acceptors (Lipinski definition) is 4. The van der Waals surface area contributed by atoms with Gasteiger partial charge in [-0.1, -0.05) is 0 Å². The Balaban J connectivity index is 1.87. The molecule has 3 heterocycles. The SMILES string of the molecule is CN1CCc2nnc(C3CCCN3)n2CC1. The molecule has 1 atom stereocenters. The first-order valence-corrected chi connectivity index (χ1v) is 6.18. The molecule has 16 heavy (non-hydrogen) atoms. The average molecular weight is 221 g/mol. The van der Waals surface area contributed by atoms with Crippen LogP contribution in [0.3, 0.4) is 0 Å². The Hall–Kier alpha value is -0.940. The van der Waals surface area contributed by atoms with Crippen molar-refractivity contribution in [3.8, 4) is 0 Å². The molecule has 88 valence electrons. The first-order valence-electron chi connectivity index (χ1n) is 6.18. The zero-order valence-corrected chi connectivity index (χ0v) is 9.82. The molecular formula is C11H19N5. The molecule has 2 aliphatic rings. The van der Waals surface area contributed by atoms with Crippen molar-refractivity contribution in [3.63, 3.8) is 0 Å². The van der Waals surface area contributed by atoms with Crippen LogP contribution >= 0.6 is 0 Å². The summed E-state index contributed by atoms with van der Waals surface area (Å²) in [6.07, 6.45) is 3.48. The van der Waals surface area contributed by atoms with Crippen molar-refractivity contribution in [2.45, 2.75) is 31.8 Å². The van der Waals surface area contributed by atoms with Gasteiger partial charge in [-0.25, -0.2) is 0 Å².